The quantitative estimate of drug-likeness (QED) is 0.674. The average Bonchev–Trinajstić information content (AvgIpc) is 2.16. The monoisotopic (exact) mass is 327 g/mol. The summed E-state index contributed by atoms with van der Waals surface area (Å²) in [6.07, 6.45) is 0. The molecule has 14 heavy (non-hydrogen) atoms. The minimum atomic E-state index is -3.51. The van der Waals surface area contributed by atoms with Crippen LogP contribution in [0.5, 0.6) is 0 Å². The van der Waals surface area contributed by atoms with Gasteiger partial charge >= 0.3 is 0 Å². The number of halogens is 1. The van der Waals surface area contributed by atoms with Crippen LogP contribution < -0.4 is 4.89 Å². The highest BCUT2D eigenvalue weighted by atomic mass is 127. The molecule has 1 rings (SSSR count). The molecule has 78 valence electrons. The first kappa shape index (κ1) is 11.9. The minimum Gasteiger partial charge on any atom is -0.287 e. The molecule has 0 bridgehead atoms. The normalized spacial score (nSPS) is 11.6. The van der Waals surface area contributed by atoms with Crippen molar-refractivity contribution in [1.29, 1.82) is 0 Å². The molecular formula is C8H10INO3S. The molecule has 0 aliphatic heterocycles. The van der Waals surface area contributed by atoms with E-state index >= 15 is 0 Å². The summed E-state index contributed by atoms with van der Waals surface area (Å²) in [6.45, 7) is 2.00. The fourth-order valence-electron chi connectivity index (χ4n) is 0.798. The van der Waals surface area contributed by atoms with E-state index < -0.39 is 10.0 Å². The maximum atomic E-state index is 11.5. The van der Waals surface area contributed by atoms with Gasteiger partial charge in [-0.25, -0.2) is 8.42 Å². The molecule has 0 saturated heterocycles. The molecule has 0 saturated carbocycles. The van der Waals surface area contributed by atoms with Crippen molar-refractivity contribution in [2.45, 2.75) is 11.8 Å². The molecule has 1 N–H and O–H groups in total. The van der Waals surface area contributed by atoms with E-state index in [9.17, 15) is 8.42 Å². The van der Waals surface area contributed by atoms with Gasteiger partial charge in [-0.3, -0.25) is 4.84 Å². The highest BCUT2D eigenvalue weighted by molar-refractivity contribution is 14.1. The summed E-state index contributed by atoms with van der Waals surface area (Å²) in [5, 5.41) is 0. The topological polar surface area (TPSA) is 55.4 Å². The molecule has 1 aromatic rings. The van der Waals surface area contributed by atoms with Gasteiger partial charge in [0.1, 0.15) is 0 Å². The third kappa shape index (κ3) is 3.19. The Labute approximate surface area is 96.8 Å². The molecule has 0 radical (unpaired) electrons. The van der Waals surface area contributed by atoms with Crippen molar-refractivity contribution in [3.8, 4) is 0 Å². The lowest BCUT2D eigenvalue weighted by molar-refractivity contribution is 0.105. The maximum absolute atomic E-state index is 11.5. The second-order valence-corrected chi connectivity index (χ2v) is 5.36. The Bertz CT molecular complexity index is 388. The van der Waals surface area contributed by atoms with Crippen LogP contribution in [0.1, 0.15) is 6.92 Å². The van der Waals surface area contributed by atoms with E-state index in [2.05, 4.69) is 27.4 Å². The van der Waals surface area contributed by atoms with E-state index in [1.54, 1.807) is 19.1 Å². The van der Waals surface area contributed by atoms with Crippen LogP contribution in [0.15, 0.2) is 29.2 Å². The Morgan fingerprint density at radius 3 is 2.43 bits per heavy atom. The van der Waals surface area contributed by atoms with Crippen molar-refractivity contribution in [3.63, 3.8) is 0 Å². The number of rotatable bonds is 4. The van der Waals surface area contributed by atoms with Crippen molar-refractivity contribution in [1.82, 2.24) is 4.89 Å². The summed E-state index contributed by atoms with van der Waals surface area (Å²) in [5.74, 6) is 0. The molecule has 0 aromatic heterocycles. The zero-order valence-corrected chi connectivity index (χ0v) is 10.5. The number of benzene rings is 1. The molecular weight excluding hydrogens is 317 g/mol. The molecule has 0 heterocycles. The third-order valence-corrected chi connectivity index (χ3v) is 3.39. The van der Waals surface area contributed by atoms with Crippen molar-refractivity contribution < 1.29 is 13.3 Å². The Morgan fingerprint density at radius 2 is 1.93 bits per heavy atom. The first-order valence-corrected chi connectivity index (χ1v) is 6.51. The van der Waals surface area contributed by atoms with E-state index in [0.29, 0.717) is 6.61 Å². The highest BCUT2D eigenvalue weighted by Crippen LogP contribution is 2.11. The van der Waals surface area contributed by atoms with Gasteiger partial charge in [0.25, 0.3) is 10.0 Å². The number of sulfonamides is 1. The smallest absolute Gasteiger partial charge is 0.262 e. The van der Waals surface area contributed by atoms with E-state index in [-0.39, 0.29) is 4.90 Å². The predicted octanol–water partition coefficient (Wildman–Crippen LogP) is 1.52. The van der Waals surface area contributed by atoms with Gasteiger partial charge in [0.15, 0.2) is 0 Å². The Balaban J connectivity index is 2.87. The van der Waals surface area contributed by atoms with Crippen LogP contribution in [0.4, 0.5) is 0 Å². The second kappa shape index (κ2) is 5.06. The van der Waals surface area contributed by atoms with E-state index in [0.717, 1.165) is 3.57 Å². The first-order chi connectivity index (χ1) is 6.56. The highest BCUT2D eigenvalue weighted by Gasteiger charge is 2.12. The van der Waals surface area contributed by atoms with Gasteiger partial charge in [-0.2, -0.15) is 0 Å². The Kier molecular flexibility index (Phi) is 4.30. The standard InChI is InChI=1S/C8H10INO3S/c1-2-13-10-14(11,12)8-5-3-7(9)4-6-8/h3-6,10H,2H2,1H3. The largest absolute Gasteiger partial charge is 0.287 e. The molecule has 0 fully saturated rings. The van der Waals surface area contributed by atoms with Crippen LogP contribution in [0, 0.1) is 3.57 Å². The Morgan fingerprint density at radius 1 is 1.36 bits per heavy atom. The molecule has 6 heteroatoms. The SMILES string of the molecule is CCONS(=O)(=O)c1ccc(I)cc1. The predicted molar refractivity (Wildman–Crippen MR) is 61.1 cm³/mol. The van der Waals surface area contributed by atoms with Gasteiger partial charge in [-0.05, 0) is 53.8 Å². The van der Waals surface area contributed by atoms with Gasteiger partial charge < -0.3 is 0 Å². The maximum Gasteiger partial charge on any atom is 0.262 e. The summed E-state index contributed by atoms with van der Waals surface area (Å²) in [7, 11) is -3.51. The molecule has 0 aliphatic carbocycles. The molecule has 1 aromatic carbocycles. The fraction of sp³-hybridized carbons (Fsp3) is 0.250. The van der Waals surface area contributed by atoms with Crippen LogP contribution >= 0.6 is 22.6 Å². The first-order valence-electron chi connectivity index (χ1n) is 3.95. The molecule has 0 unspecified atom stereocenters. The lowest BCUT2D eigenvalue weighted by Gasteiger charge is -2.05. The van der Waals surface area contributed by atoms with Gasteiger partial charge in [0.2, 0.25) is 0 Å². The number of hydrogen-bond acceptors (Lipinski definition) is 3. The molecule has 4 nitrogen and oxygen atoms in total. The minimum absolute atomic E-state index is 0.200. The van der Waals surface area contributed by atoms with E-state index in [1.165, 1.54) is 12.1 Å². The van der Waals surface area contributed by atoms with Crippen LogP contribution in [0.2, 0.25) is 0 Å². The van der Waals surface area contributed by atoms with Crippen LogP contribution in [-0.4, -0.2) is 15.0 Å². The van der Waals surface area contributed by atoms with E-state index in [1.807, 2.05) is 4.89 Å². The molecule has 0 spiro atoms. The Hall–Kier alpha value is -0.180. The van der Waals surface area contributed by atoms with Crippen molar-refractivity contribution in [2.75, 3.05) is 6.61 Å². The van der Waals surface area contributed by atoms with Crippen molar-refractivity contribution in [2.24, 2.45) is 0 Å². The lowest BCUT2D eigenvalue weighted by atomic mass is 10.4. The number of hydrogen-bond donors (Lipinski definition) is 1. The van der Waals surface area contributed by atoms with Gasteiger partial charge in [0, 0.05) is 3.57 Å². The fourth-order valence-corrected chi connectivity index (χ4v) is 2.02. The zero-order valence-electron chi connectivity index (χ0n) is 7.53. The third-order valence-electron chi connectivity index (χ3n) is 1.44. The van der Waals surface area contributed by atoms with Gasteiger partial charge in [-0.1, -0.05) is 4.89 Å². The lowest BCUT2D eigenvalue weighted by Crippen LogP contribution is -2.23. The van der Waals surface area contributed by atoms with Crippen molar-refractivity contribution >= 4 is 32.6 Å². The van der Waals surface area contributed by atoms with Crippen molar-refractivity contribution in [3.05, 3.63) is 27.8 Å². The van der Waals surface area contributed by atoms with Gasteiger partial charge in [0.05, 0.1) is 11.5 Å². The summed E-state index contributed by atoms with van der Waals surface area (Å²) in [6, 6.07) is 6.51. The van der Waals surface area contributed by atoms with Crippen LogP contribution in [0.3, 0.4) is 0 Å². The summed E-state index contributed by atoms with van der Waals surface area (Å²) in [4.78, 5) is 6.86. The molecule has 0 atom stereocenters. The average molecular weight is 327 g/mol. The second-order valence-electron chi connectivity index (χ2n) is 2.47. The summed E-state index contributed by atoms with van der Waals surface area (Å²) < 4.78 is 23.9. The summed E-state index contributed by atoms with van der Waals surface area (Å²) in [5.41, 5.74) is 0. The van der Waals surface area contributed by atoms with Gasteiger partial charge in [-0.15, -0.1) is 0 Å². The molecule has 0 amide bonds. The molecule has 0 aliphatic rings. The van der Waals surface area contributed by atoms with E-state index in [4.69, 9.17) is 0 Å². The number of nitrogens with one attached hydrogen (secondary N) is 1. The zero-order chi connectivity index (χ0) is 10.6. The summed E-state index contributed by atoms with van der Waals surface area (Å²) >= 11 is 2.11. The van der Waals surface area contributed by atoms with Crippen LogP contribution in [0.25, 0.3) is 0 Å². The van der Waals surface area contributed by atoms with Crippen LogP contribution in [-0.2, 0) is 14.9 Å².